The monoisotopic (exact) mass is 312 g/mol. The number of nitrogens with zero attached hydrogens (tertiary/aromatic N) is 1. The van der Waals surface area contributed by atoms with E-state index in [1.807, 2.05) is 49.4 Å². The van der Waals surface area contributed by atoms with Crippen LogP contribution in [0.2, 0.25) is 0 Å². The summed E-state index contributed by atoms with van der Waals surface area (Å²) in [7, 11) is 0. The number of rotatable bonds is 5. The smallest absolute Gasteiger partial charge is 0.227 e. The summed E-state index contributed by atoms with van der Waals surface area (Å²) < 4.78 is 5.58. The average molecular weight is 312 g/mol. The van der Waals surface area contributed by atoms with Gasteiger partial charge in [-0.25, -0.2) is 4.98 Å². The van der Waals surface area contributed by atoms with Crippen molar-refractivity contribution in [3.63, 3.8) is 0 Å². The molecule has 4 nitrogen and oxygen atoms in total. The van der Waals surface area contributed by atoms with Gasteiger partial charge in [0.1, 0.15) is 5.75 Å². The third-order valence-corrected chi connectivity index (χ3v) is 4.43. The molecule has 0 aliphatic rings. The molecule has 3 rings (SSSR count). The molecule has 0 unspecified atom stereocenters. The fourth-order valence-electron chi connectivity index (χ4n) is 2.39. The van der Waals surface area contributed by atoms with Crippen LogP contribution in [0.15, 0.2) is 47.4 Å². The lowest BCUT2D eigenvalue weighted by Crippen LogP contribution is -2.13. The van der Waals surface area contributed by atoms with Gasteiger partial charge in [0, 0.05) is 15.7 Å². The van der Waals surface area contributed by atoms with Crippen LogP contribution in [0.5, 0.6) is 5.75 Å². The summed E-state index contributed by atoms with van der Waals surface area (Å²) in [4.78, 5) is 16.9. The minimum absolute atomic E-state index is 0.238. The second-order valence-electron chi connectivity index (χ2n) is 4.83. The van der Waals surface area contributed by atoms with Gasteiger partial charge in [0.05, 0.1) is 23.4 Å². The fraction of sp³-hybridized carbons (Fsp3) is 0.176. The molecule has 0 fully saturated rings. The number of benzene rings is 2. The first-order valence-electron chi connectivity index (χ1n) is 7.05. The molecule has 3 aromatic rings. The van der Waals surface area contributed by atoms with E-state index in [1.165, 1.54) is 11.8 Å². The van der Waals surface area contributed by atoms with Gasteiger partial charge in [-0.2, -0.15) is 0 Å². The molecule has 1 amide bonds. The van der Waals surface area contributed by atoms with E-state index >= 15 is 0 Å². The molecule has 0 aliphatic carbocycles. The topological polar surface area (TPSA) is 65.2 Å². The predicted molar refractivity (Wildman–Crippen MR) is 90.3 cm³/mol. The lowest BCUT2D eigenvalue weighted by molar-refractivity contribution is -0.115. The van der Waals surface area contributed by atoms with E-state index in [2.05, 4.69) is 4.98 Å². The van der Waals surface area contributed by atoms with Gasteiger partial charge in [0.15, 0.2) is 0 Å². The van der Waals surface area contributed by atoms with Crippen LogP contribution in [0.4, 0.5) is 0 Å². The summed E-state index contributed by atoms with van der Waals surface area (Å²) >= 11 is 1.44. The van der Waals surface area contributed by atoms with Gasteiger partial charge in [-0.3, -0.25) is 4.79 Å². The Bertz CT molecular complexity index is 849. The van der Waals surface area contributed by atoms with Gasteiger partial charge < -0.3 is 10.5 Å². The van der Waals surface area contributed by atoms with Crippen molar-refractivity contribution in [2.75, 3.05) is 12.4 Å². The van der Waals surface area contributed by atoms with Crippen LogP contribution in [0.3, 0.4) is 0 Å². The van der Waals surface area contributed by atoms with Crippen molar-refractivity contribution in [2.45, 2.75) is 11.8 Å². The van der Waals surface area contributed by atoms with Crippen LogP contribution in [0.1, 0.15) is 6.92 Å². The van der Waals surface area contributed by atoms with Crippen molar-refractivity contribution in [1.82, 2.24) is 4.98 Å². The molecule has 1 heterocycles. The van der Waals surface area contributed by atoms with Gasteiger partial charge in [-0.05, 0) is 31.2 Å². The molecule has 0 saturated heterocycles. The highest BCUT2D eigenvalue weighted by atomic mass is 32.2. The lowest BCUT2D eigenvalue weighted by atomic mass is 10.1. The summed E-state index contributed by atoms with van der Waals surface area (Å²) in [5.41, 5.74) is 7.10. The molecule has 5 heteroatoms. The molecule has 0 bridgehead atoms. The summed E-state index contributed by atoms with van der Waals surface area (Å²) in [6.45, 7) is 2.56. The first-order chi connectivity index (χ1) is 10.7. The minimum atomic E-state index is -0.333. The highest BCUT2D eigenvalue weighted by Crippen LogP contribution is 2.35. The van der Waals surface area contributed by atoms with Crippen LogP contribution in [-0.2, 0) is 4.79 Å². The number of hydrogen-bond donors (Lipinski definition) is 1. The summed E-state index contributed by atoms with van der Waals surface area (Å²) in [6, 6.07) is 13.7. The van der Waals surface area contributed by atoms with Crippen molar-refractivity contribution in [2.24, 2.45) is 5.73 Å². The number of carbonyl (C=O) groups is 1. The Morgan fingerprint density at radius 3 is 2.73 bits per heavy atom. The maximum atomic E-state index is 11.2. The highest BCUT2D eigenvalue weighted by Gasteiger charge is 2.11. The molecule has 22 heavy (non-hydrogen) atoms. The molecule has 0 saturated carbocycles. The van der Waals surface area contributed by atoms with Gasteiger partial charge in [-0.15, -0.1) is 11.8 Å². The second kappa shape index (κ2) is 6.23. The van der Waals surface area contributed by atoms with Crippen molar-refractivity contribution in [3.05, 3.63) is 42.5 Å². The molecule has 0 spiro atoms. The number of carbonyl (C=O) groups excluding carboxylic acids is 1. The molecule has 1 aromatic heterocycles. The van der Waals surface area contributed by atoms with Crippen molar-refractivity contribution in [1.29, 1.82) is 0 Å². The molecular weight excluding hydrogens is 296 g/mol. The standard InChI is InChI=1S/C17H16N2O2S/c1-2-21-11-7-8-15-13(9-11)17(22-10-16(18)20)12-5-3-4-6-14(12)19-15/h3-9H,2,10H2,1H3,(H2,18,20). The van der Waals surface area contributed by atoms with E-state index in [0.717, 1.165) is 32.5 Å². The number of ether oxygens (including phenoxy) is 1. The van der Waals surface area contributed by atoms with Crippen molar-refractivity contribution in [3.8, 4) is 5.75 Å². The SMILES string of the molecule is CCOc1ccc2nc3ccccc3c(SCC(N)=O)c2c1. The third-order valence-electron chi connectivity index (χ3n) is 3.27. The van der Waals surface area contributed by atoms with Crippen LogP contribution in [0, 0.1) is 0 Å². The number of amides is 1. The van der Waals surface area contributed by atoms with Gasteiger partial charge in [0.25, 0.3) is 0 Å². The summed E-state index contributed by atoms with van der Waals surface area (Å²) in [5, 5.41) is 2.01. The Hall–Kier alpha value is -2.27. The zero-order chi connectivity index (χ0) is 15.5. The Balaban J connectivity index is 2.24. The Labute approximate surface area is 132 Å². The summed E-state index contributed by atoms with van der Waals surface area (Å²) in [5.74, 6) is 0.704. The third kappa shape index (κ3) is 2.85. The number of hydrogen-bond acceptors (Lipinski definition) is 4. The van der Waals surface area contributed by atoms with Gasteiger partial charge >= 0.3 is 0 Å². The Morgan fingerprint density at radius 2 is 1.95 bits per heavy atom. The van der Waals surface area contributed by atoms with E-state index in [-0.39, 0.29) is 11.7 Å². The molecule has 0 radical (unpaired) electrons. The van der Waals surface area contributed by atoms with Gasteiger partial charge in [-0.1, -0.05) is 18.2 Å². The van der Waals surface area contributed by atoms with E-state index in [1.54, 1.807) is 0 Å². The number of thioether (sulfide) groups is 1. The normalized spacial score (nSPS) is 11.0. The first kappa shape index (κ1) is 14.7. The molecule has 0 atom stereocenters. The Kier molecular flexibility index (Phi) is 4.15. The lowest BCUT2D eigenvalue weighted by Gasteiger charge is -2.11. The first-order valence-corrected chi connectivity index (χ1v) is 8.04. The zero-order valence-electron chi connectivity index (χ0n) is 12.2. The zero-order valence-corrected chi connectivity index (χ0v) is 13.0. The predicted octanol–water partition coefficient (Wildman–Crippen LogP) is 3.36. The average Bonchev–Trinajstić information content (AvgIpc) is 2.52. The highest BCUT2D eigenvalue weighted by molar-refractivity contribution is 8.00. The maximum absolute atomic E-state index is 11.2. The van der Waals surface area contributed by atoms with E-state index in [0.29, 0.717) is 6.61 Å². The van der Waals surface area contributed by atoms with Gasteiger partial charge in [0.2, 0.25) is 5.91 Å². The molecule has 112 valence electrons. The van der Waals surface area contributed by atoms with E-state index in [4.69, 9.17) is 10.5 Å². The molecule has 2 N–H and O–H groups in total. The number of nitrogens with two attached hydrogens (primary N) is 1. The number of pyridine rings is 1. The number of aromatic nitrogens is 1. The number of para-hydroxylation sites is 1. The van der Waals surface area contributed by atoms with Crippen molar-refractivity contribution < 1.29 is 9.53 Å². The number of fused-ring (bicyclic) bond motifs is 2. The van der Waals surface area contributed by atoms with Crippen LogP contribution >= 0.6 is 11.8 Å². The van der Waals surface area contributed by atoms with E-state index < -0.39 is 0 Å². The quantitative estimate of drug-likeness (QED) is 0.579. The molecular formula is C17H16N2O2S. The molecule has 2 aromatic carbocycles. The Morgan fingerprint density at radius 1 is 1.18 bits per heavy atom. The van der Waals surface area contributed by atoms with Crippen molar-refractivity contribution >= 4 is 39.5 Å². The van der Waals surface area contributed by atoms with Crippen LogP contribution in [-0.4, -0.2) is 23.3 Å². The van der Waals surface area contributed by atoms with Crippen LogP contribution in [0.25, 0.3) is 21.8 Å². The molecule has 0 aliphatic heterocycles. The largest absolute Gasteiger partial charge is 0.494 e. The number of primary amides is 1. The minimum Gasteiger partial charge on any atom is -0.494 e. The van der Waals surface area contributed by atoms with E-state index in [9.17, 15) is 4.79 Å². The second-order valence-corrected chi connectivity index (χ2v) is 5.81. The summed E-state index contributed by atoms with van der Waals surface area (Å²) in [6.07, 6.45) is 0. The fourth-order valence-corrected chi connectivity index (χ4v) is 3.32. The maximum Gasteiger partial charge on any atom is 0.227 e. The van der Waals surface area contributed by atoms with Crippen LogP contribution < -0.4 is 10.5 Å².